The Morgan fingerprint density at radius 1 is 1.19 bits per heavy atom. The largest absolute Gasteiger partial charge is 0.376 e. The van der Waals surface area contributed by atoms with Gasteiger partial charge in [-0.15, -0.1) is 5.10 Å². The van der Waals surface area contributed by atoms with Crippen LogP contribution in [0.25, 0.3) is 0 Å². The molecular formula is C16H21N7O3. The molecule has 2 aliphatic rings. The van der Waals surface area contributed by atoms with Gasteiger partial charge in [-0.05, 0) is 0 Å². The van der Waals surface area contributed by atoms with E-state index in [1.165, 1.54) is 11.0 Å². The molecule has 138 valence electrons. The van der Waals surface area contributed by atoms with Gasteiger partial charge in [-0.3, -0.25) is 14.5 Å². The fraction of sp³-hybridized carbons (Fsp3) is 0.562. The van der Waals surface area contributed by atoms with Crippen molar-refractivity contribution in [2.45, 2.75) is 5.60 Å². The first-order chi connectivity index (χ1) is 12.7. The van der Waals surface area contributed by atoms with E-state index in [1.54, 1.807) is 30.5 Å². The van der Waals surface area contributed by atoms with Crippen molar-refractivity contribution in [2.75, 3.05) is 50.9 Å². The zero-order chi connectivity index (χ0) is 18.0. The molecule has 1 unspecified atom stereocenters. The van der Waals surface area contributed by atoms with Crippen molar-refractivity contribution in [3.63, 3.8) is 0 Å². The van der Waals surface area contributed by atoms with Gasteiger partial charge in [0.25, 0.3) is 5.91 Å². The van der Waals surface area contributed by atoms with E-state index in [0.717, 1.165) is 5.82 Å². The van der Waals surface area contributed by atoms with E-state index in [1.807, 2.05) is 0 Å². The summed E-state index contributed by atoms with van der Waals surface area (Å²) in [5.74, 6) is 0.782. The molecule has 0 aromatic carbocycles. The first-order valence-corrected chi connectivity index (χ1v) is 8.53. The molecule has 2 fully saturated rings. The van der Waals surface area contributed by atoms with Crippen LogP contribution in [-0.2, 0) is 16.5 Å². The quantitative estimate of drug-likeness (QED) is 0.698. The highest BCUT2D eigenvalue weighted by Gasteiger charge is 2.42. The molecule has 26 heavy (non-hydrogen) atoms. The molecule has 4 heterocycles. The SMILES string of the molecule is Cn1cnc(C(=O)N2CCOC3(COCCN(c4cnccn4)C3)C2)n1. The summed E-state index contributed by atoms with van der Waals surface area (Å²) < 4.78 is 13.4. The fourth-order valence-corrected chi connectivity index (χ4v) is 3.34. The van der Waals surface area contributed by atoms with Gasteiger partial charge in [0.05, 0.1) is 39.1 Å². The molecule has 10 nitrogen and oxygen atoms in total. The van der Waals surface area contributed by atoms with Crippen LogP contribution < -0.4 is 4.90 Å². The topological polar surface area (TPSA) is 98.5 Å². The predicted molar refractivity (Wildman–Crippen MR) is 90.7 cm³/mol. The van der Waals surface area contributed by atoms with Gasteiger partial charge < -0.3 is 19.3 Å². The summed E-state index contributed by atoms with van der Waals surface area (Å²) in [4.78, 5) is 29.1. The molecule has 10 heteroatoms. The number of carbonyl (C=O) groups excluding carboxylic acids is 1. The van der Waals surface area contributed by atoms with Gasteiger partial charge in [0, 0.05) is 32.5 Å². The summed E-state index contributed by atoms with van der Waals surface area (Å²) in [6.07, 6.45) is 6.56. The normalized spacial score (nSPS) is 23.9. The maximum absolute atomic E-state index is 12.7. The van der Waals surface area contributed by atoms with Crippen LogP contribution in [0.1, 0.15) is 10.6 Å². The van der Waals surface area contributed by atoms with Gasteiger partial charge in [0.1, 0.15) is 17.7 Å². The Labute approximate surface area is 150 Å². The Kier molecular flexibility index (Phi) is 4.51. The van der Waals surface area contributed by atoms with Crippen LogP contribution in [0.15, 0.2) is 24.9 Å². The second-order valence-electron chi connectivity index (χ2n) is 6.54. The van der Waals surface area contributed by atoms with Crippen molar-refractivity contribution in [3.8, 4) is 0 Å². The number of nitrogens with zero attached hydrogens (tertiary/aromatic N) is 7. The highest BCUT2D eigenvalue weighted by atomic mass is 16.5. The van der Waals surface area contributed by atoms with Crippen LogP contribution in [0.5, 0.6) is 0 Å². The van der Waals surface area contributed by atoms with Crippen molar-refractivity contribution in [3.05, 3.63) is 30.7 Å². The second-order valence-corrected chi connectivity index (χ2v) is 6.54. The van der Waals surface area contributed by atoms with E-state index < -0.39 is 5.60 Å². The smallest absolute Gasteiger partial charge is 0.293 e. The van der Waals surface area contributed by atoms with Crippen LogP contribution in [-0.4, -0.2) is 87.1 Å². The molecule has 1 amide bonds. The summed E-state index contributed by atoms with van der Waals surface area (Å²) in [5, 5.41) is 4.11. The Morgan fingerprint density at radius 2 is 2.12 bits per heavy atom. The first-order valence-electron chi connectivity index (χ1n) is 8.53. The lowest BCUT2D eigenvalue weighted by Crippen LogP contribution is -2.60. The summed E-state index contributed by atoms with van der Waals surface area (Å²) in [7, 11) is 1.74. The number of hydrogen-bond donors (Lipinski definition) is 0. The molecular weight excluding hydrogens is 338 g/mol. The minimum atomic E-state index is -0.614. The minimum absolute atomic E-state index is 0.191. The minimum Gasteiger partial charge on any atom is -0.376 e. The van der Waals surface area contributed by atoms with Gasteiger partial charge in [-0.2, -0.15) is 0 Å². The number of rotatable bonds is 2. The van der Waals surface area contributed by atoms with Gasteiger partial charge >= 0.3 is 0 Å². The second kappa shape index (κ2) is 6.96. The van der Waals surface area contributed by atoms with Crippen LogP contribution >= 0.6 is 0 Å². The van der Waals surface area contributed by atoms with Crippen LogP contribution in [0.3, 0.4) is 0 Å². The predicted octanol–water partition coefficient (Wildman–Crippen LogP) is -0.647. The first kappa shape index (κ1) is 16.9. The number of aryl methyl sites for hydroxylation is 1. The molecule has 1 atom stereocenters. The Balaban J connectivity index is 1.53. The zero-order valence-corrected chi connectivity index (χ0v) is 14.6. The molecule has 4 rings (SSSR count). The summed E-state index contributed by atoms with van der Waals surface area (Å²) in [6.45, 7) is 3.62. The zero-order valence-electron chi connectivity index (χ0n) is 14.6. The average molecular weight is 359 g/mol. The standard InChI is InChI=1S/C16H21N7O3/c1-21-12-19-14(20-21)15(24)23-5-7-26-16(10-23)9-22(4-6-25-11-16)13-8-17-2-3-18-13/h2-3,8,12H,4-7,9-11H2,1H3. The molecule has 0 N–H and O–H groups in total. The lowest BCUT2D eigenvalue weighted by atomic mass is 10.0. The maximum atomic E-state index is 12.7. The van der Waals surface area contributed by atoms with Crippen molar-refractivity contribution in [1.82, 2.24) is 29.6 Å². The Hall–Kier alpha value is -2.59. The number of aromatic nitrogens is 5. The number of carbonyl (C=O) groups is 1. The monoisotopic (exact) mass is 359 g/mol. The van der Waals surface area contributed by atoms with Gasteiger partial charge in [-0.1, -0.05) is 0 Å². The van der Waals surface area contributed by atoms with Crippen molar-refractivity contribution < 1.29 is 14.3 Å². The van der Waals surface area contributed by atoms with Gasteiger partial charge in [0.2, 0.25) is 5.82 Å². The third kappa shape index (κ3) is 3.37. The number of anilines is 1. The van der Waals surface area contributed by atoms with Gasteiger partial charge in [0.15, 0.2) is 0 Å². The summed E-state index contributed by atoms with van der Waals surface area (Å²) in [5.41, 5.74) is -0.614. The van der Waals surface area contributed by atoms with E-state index in [9.17, 15) is 4.79 Å². The molecule has 0 aliphatic carbocycles. The third-order valence-electron chi connectivity index (χ3n) is 4.55. The number of ether oxygens (including phenoxy) is 2. The molecule has 2 aliphatic heterocycles. The molecule has 0 bridgehead atoms. The maximum Gasteiger partial charge on any atom is 0.293 e. The molecule has 0 saturated carbocycles. The van der Waals surface area contributed by atoms with Crippen molar-refractivity contribution in [2.24, 2.45) is 7.05 Å². The summed E-state index contributed by atoms with van der Waals surface area (Å²) >= 11 is 0. The van der Waals surface area contributed by atoms with E-state index in [0.29, 0.717) is 46.0 Å². The Bertz CT molecular complexity index is 768. The summed E-state index contributed by atoms with van der Waals surface area (Å²) in [6, 6.07) is 0. The lowest BCUT2D eigenvalue weighted by molar-refractivity contribution is -0.124. The van der Waals surface area contributed by atoms with E-state index in [4.69, 9.17) is 9.47 Å². The highest BCUT2D eigenvalue weighted by molar-refractivity contribution is 5.90. The molecule has 2 saturated heterocycles. The average Bonchev–Trinajstić information content (AvgIpc) is 3.00. The van der Waals surface area contributed by atoms with E-state index in [-0.39, 0.29) is 11.7 Å². The molecule has 0 radical (unpaired) electrons. The molecule has 1 spiro atoms. The molecule has 2 aromatic rings. The van der Waals surface area contributed by atoms with Gasteiger partial charge in [-0.25, -0.2) is 9.97 Å². The highest BCUT2D eigenvalue weighted by Crippen LogP contribution is 2.25. The fourth-order valence-electron chi connectivity index (χ4n) is 3.34. The number of amides is 1. The Morgan fingerprint density at radius 3 is 2.88 bits per heavy atom. The van der Waals surface area contributed by atoms with Crippen molar-refractivity contribution in [1.29, 1.82) is 0 Å². The van der Waals surface area contributed by atoms with Crippen LogP contribution in [0.4, 0.5) is 5.82 Å². The van der Waals surface area contributed by atoms with E-state index in [2.05, 4.69) is 25.0 Å². The third-order valence-corrected chi connectivity index (χ3v) is 4.55. The van der Waals surface area contributed by atoms with Crippen LogP contribution in [0.2, 0.25) is 0 Å². The van der Waals surface area contributed by atoms with E-state index >= 15 is 0 Å². The number of hydrogen-bond acceptors (Lipinski definition) is 8. The lowest BCUT2D eigenvalue weighted by Gasteiger charge is -2.43. The number of morpholine rings is 1. The molecule has 2 aromatic heterocycles. The van der Waals surface area contributed by atoms with Crippen LogP contribution in [0, 0.1) is 0 Å². The van der Waals surface area contributed by atoms with Crippen molar-refractivity contribution >= 4 is 11.7 Å².